The Morgan fingerprint density at radius 2 is 1.89 bits per heavy atom. The summed E-state index contributed by atoms with van der Waals surface area (Å²) in [6.07, 6.45) is 3.22. The number of carbonyl (C=O) groups excluding carboxylic acids is 1. The zero-order chi connectivity index (χ0) is 19.7. The zero-order valence-corrected chi connectivity index (χ0v) is 15.9. The number of methoxy groups -OCH3 is 2. The van der Waals surface area contributed by atoms with Crippen molar-refractivity contribution in [2.24, 2.45) is 0 Å². The van der Waals surface area contributed by atoms with Crippen molar-refractivity contribution in [3.63, 3.8) is 0 Å². The van der Waals surface area contributed by atoms with E-state index in [1.165, 1.54) is 0 Å². The summed E-state index contributed by atoms with van der Waals surface area (Å²) in [6.45, 7) is 1.32. The highest BCUT2D eigenvalue weighted by molar-refractivity contribution is 5.92. The molecule has 0 saturated carbocycles. The number of aromatic amines is 1. The first kappa shape index (κ1) is 18.1. The van der Waals surface area contributed by atoms with Crippen LogP contribution in [-0.2, 0) is 0 Å². The van der Waals surface area contributed by atoms with Crippen molar-refractivity contribution in [2.45, 2.75) is 18.8 Å². The lowest BCUT2D eigenvalue weighted by molar-refractivity contribution is 0.0706. The van der Waals surface area contributed by atoms with E-state index in [-0.39, 0.29) is 11.8 Å². The SMILES string of the molecule is COc1cc2cc(N)c(C3CCN(C(=O)c4ccn[nH]4)CC3)nc2cc1OC. The van der Waals surface area contributed by atoms with Gasteiger partial charge in [0.05, 0.1) is 31.1 Å². The number of rotatable bonds is 4. The molecule has 146 valence electrons. The number of fused-ring (bicyclic) bond motifs is 1. The number of H-pyrrole nitrogens is 1. The van der Waals surface area contributed by atoms with Crippen LogP contribution < -0.4 is 15.2 Å². The Bertz CT molecular complexity index is 995. The van der Waals surface area contributed by atoms with Gasteiger partial charge in [0, 0.05) is 36.7 Å². The molecule has 0 radical (unpaired) electrons. The van der Waals surface area contributed by atoms with Crippen LogP contribution in [0.1, 0.15) is 34.9 Å². The number of ether oxygens (including phenoxy) is 2. The molecule has 2 aromatic heterocycles. The summed E-state index contributed by atoms with van der Waals surface area (Å²) in [5.74, 6) is 1.48. The summed E-state index contributed by atoms with van der Waals surface area (Å²) in [4.78, 5) is 19.1. The predicted molar refractivity (Wildman–Crippen MR) is 106 cm³/mol. The highest BCUT2D eigenvalue weighted by atomic mass is 16.5. The van der Waals surface area contributed by atoms with E-state index in [9.17, 15) is 4.79 Å². The molecule has 28 heavy (non-hydrogen) atoms. The van der Waals surface area contributed by atoms with Gasteiger partial charge in [0.2, 0.25) is 0 Å². The molecule has 0 unspecified atom stereocenters. The number of likely N-dealkylation sites (tertiary alicyclic amines) is 1. The normalized spacial score (nSPS) is 15.0. The van der Waals surface area contributed by atoms with Crippen LogP contribution in [0.5, 0.6) is 11.5 Å². The van der Waals surface area contributed by atoms with Crippen LogP contribution in [0.25, 0.3) is 10.9 Å². The molecule has 1 amide bonds. The zero-order valence-electron chi connectivity index (χ0n) is 15.9. The van der Waals surface area contributed by atoms with Gasteiger partial charge in [-0.1, -0.05) is 0 Å². The Hall–Kier alpha value is -3.29. The van der Waals surface area contributed by atoms with Crippen molar-refractivity contribution in [3.05, 3.63) is 41.9 Å². The molecule has 3 aromatic rings. The molecule has 0 spiro atoms. The molecule has 3 heterocycles. The van der Waals surface area contributed by atoms with Crippen LogP contribution in [0.4, 0.5) is 5.69 Å². The summed E-state index contributed by atoms with van der Waals surface area (Å²) >= 11 is 0. The molecule has 4 rings (SSSR count). The van der Waals surface area contributed by atoms with Gasteiger partial charge in [-0.2, -0.15) is 5.10 Å². The van der Waals surface area contributed by atoms with Crippen LogP contribution in [0.15, 0.2) is 30.5 Å². The summed E-state index contributed by atoms with van der Waals surface area (Å²) in [6, 6.07) is 7.38. The number of anilines is 1. The first-order valence-corrected chi connectivity index (χ1v) is 9.21. The highest BCUT2D eigenvalue weighted by Gasteiger charge is 2.27. The van der Waals surface area contributed by atoms with Gasteiger partial charge in [0.25, 0.3) is 5.91 Å². The van der Waals surface area contributed by atoms with Crippen molar-refractivity contribution in [1.29, 1.82) is 0 Å². The second-order valence-corrected chi connectivity index (χ2v) is 6.90. The maximum absolute atomic E-state index is 12.5. The third kappa shape index (κ3) is 3.21. The molecule has 3 N–H and O–H groups in total. The average molecular weight is 381 g/mol. The van der Waals surface area contributed by atoms with Gasteiger partial charge in [-0.05, 0) is 31.0 Å². The first-order valence-electron chi connectivity index (χ1n) is 9.21. The number of nitrogens with zero attached hydrogens (tertiary/aromatic N) is 3. The van der Waals surface area contributed by atoms with Gasteiger partial charge in [0.15, 0.2) is 11.5 Å². The molecular weight excluding hydrogens is 358 g/mol. The Balaban J connectivity index is 1.56. The Kier molecular flexibility index (Phi) is 4.77. The molecule has 8 nitrogen and oxygen atoms in total. The quantitative estimate of drug-likeness (QED) is 0.719. The van der Waals surface area contributed by atoms with Gasteiger partial charge >= 0.3 is 0 Å². The average Bonchev–Trinajstić information content (AvgIpc) is 3.27. The number of aromatic nitrogens is 3. The number of benzene rings is 1. The molecular formula is C20H23N5O3. The van der Waals surface area contributed by atoms with Crippen molar-refractivity contribution in [1.82, 2.24) is 20.1 Å². The lowest BCUT2D eigenvalue weighted by Crippen LogP contribution is -2.38. The number of nitrogens with two attached hydrogens (primary N) is 1. The van der Waals surface area contributed by atoms with Crippen molar-refractivity contribution in [2.75, 3.05) is 33.0 Å². The third-order valence-corrected chi connectivity index (χ3v) is 5.28. The number of hydrogen-bond donors (Lipinski definition) is 2. The Labute approximate surface area is 162 Å². The van der Waals surface area contributed by atoms with E-state index in [0.29, 0.717) is 36.0 Å². The molecule has 1 aromatic carbocycles. The van der Waals surface area contributed by atoms with E-state index in [1.54, 1.807) is 26.5 Å². The maximum atomic E-state index is 12.5. The van der Waals surface area contributed by atoms with Gasteiger partial charge < -0.3 is 20.1 Å². The minimum Gasteiger partial charge on any atom is -0.493 e. The summed E-state index contributed by atoms with van der Waals surface area (Å²) in [5.41, 5.74) is 9.20. The predicted octanol–water partition coefficient (Wildman–Crippen LogP) is 2.58. The maximum Gasteiger partial charge on any atom is 0.271 e. The number of piperidine rings is 1. The second-order valence-electron chi connectivity index (χ2n) is 6.90. The number of hydrogen-bond acceptors (Lipinski definition) is 6. The molecule has 0 bridgehead atoms. The number of amides is 1. The monoisotopic (exact) mass is 381 g/mol. The van der Waals surface area contributed by atoms with Crippen LogP contribution in [-0.4, -0.2) is 53.3 Å². The molecule has 1 fully saturated rings. The lowest BCUT2D eigenvalue weighted by atomic mass is 9.91. The van der Waals surface area contributed by atoms with Crippen LogP contribution in [0, 0.1) is 0 Å². The summed E-state index contributed by atoms with van der Waals surface area (Å²) in [5, 5.41) is 7.49. The molecule has 0 atom stereocenters. The van der Waals surface area contributed by atoms with Crippen LogP contribution in [0.3, 0.4) is 0 Å². The van der Waals surface area contributed by atoms with Crippen LogP contribution in [0.2, 0.25) is 0 Å². The number of nitrogen functional groups attached to an aromatic ring is 1. The third-order valence-electron chi connectivity index (χ3n) is 5.28. The lowest BCUT2D eigenvalue weighted by Gasteiger charge is -2.32. The van der Waals surface area contributed by atoms with E-state index >= 15 is 0 Å². The van der Waals surface area contributed by atoms with E-state index in [4.69, 9.17) is 20.2 Å². The fourth-order valence-corrected chi connectivity index (χ4v) is 3.76. The van der Waals surface area contributed by atoms with E-state index in [2.05, 4.69) is 10.2 Å². The summed E-state index contributed by atoms with van der Waals surface area (Å²) < 4.78 is 10.7. The summed E-state index contributed by atoms with van der Waals surface area (Å²) in [7, 11) is 3.21. The fraction of sp³-hybridized carbons (Fsp3) is 0.350. The van der Waals surface area contributed by atoms with E-state index in [0.717, 1.165) is 29.4 Å². The number of nitrogens with one attached hydrogen (secondary N) is 1. The molecule has 1 aliphatic rings. The van der Waals surface area contributed by atoms with Crippen LogP contribution >= 0.6 is 0 Å². The second kappa shape index (κ2) is 7.38. The topological polar surface area (TPSA) is 106 Å². The molecule has 0 aliphatic carbocycles. The first-order chi connectivity index (χ1) is 13.6. The molecule has 1 saturated heterocycles. The van der Waals surface area contributed by atoms with E-state index < -0.39 is 0 Å². The smallest absolute Gasteiger partial charge is 0.271 e. The number of pyridine rings is 1. The van der Waals surface area contributed by atoms with Crippen molar-refractivity contribution < 1.29 is 14.3 Å². The highest BCUT2D eigenvalue weighted by Crippen LogP contribution is 2.36. The van der Waals surface area contributed by atoms with Gasteiger partial charge in [-0.25, -0.2) is 0 Å². The Morgan fingerprint density at radius 1 is 1.18 bits per heavy atom. The standard InChI is InChI=1S/C20H23N5O3/c1-27-17-10-13-9-14(21)19(23-16(13)11-18(17)28-2)12-4-7-25(8-5-12)20(26)15-3-6-22-24-15/h3,6,9-12H,4-5,7-8,21H2,1-2H3,(H,22,24). The van der Waals surface area contributed by atoms with Gasteiger partial charge in [-0.15, -0.1) is 0 Å². The largest absolute Gasteiger partial charge is 0.493 e. The van der Waals surface area contributed by atoms with E-state index in [1.807, 2.05) is 23.1 Å². The van der Waals surface area contributed by atoms with Gasteiger partial charge in [0.1, 0.15) is 5.69 Å². The Morgan fingerprint density at radius 3 is 2.54 bits per heavy atom. The minimum atomic E-state index is -0.0211. The minimum absolute atomic E-state index is 0.0211. The van der Waals surface area contributed by atoms with Gasteiger partial charge in [-0.3, -0.25) is 14.9 Å². The molecule has 8 heteroatoms. The van der Waals surface area contributed by atoms with Crippen molar-refractivity contribution >= 4 is 22.5 Å². The fourth-order valence-electron chi connectivity index (χ4n) is 3.76. The number of carbonyl (C=O) groups is 1. The van der Waals surface area contributed by atoms with Crippen molar-refractivity contribution in [3.8, 4) is 11.5 Å². The molecule has 1 aliphatic heterocycles.